The van der Waals surface area contributed by atoms with Crippen molar-refractivity contribution >= 4 is 17.7 Å². The number of halogens is 1. The zero-order valence-corrected chi connectivity index (χ0v) is 16.0. The van der Waals surface area contributed by atoms with E-state index in [1.54, 1.807) is 6.07 Å². The number of rotatable bonds is 6. The van der Waals surface area contributed by atoms with Crippen molar-refractivity contribution in [3.63, 3.8) is 0 Å². The maximum absolute atomic E-state index is 14.7. The van der Waals surface area contributed by atoms with E-state index in [1.807, 2.05) is 4.90 Å². The SMILES string of the molecule is COCCN1C(=O)C[C@@](CC(=O)N2C[C@H]3CC[C@@H]2C3)(c2ccccc2F)C1=O. The molecule has 0 spiro atoms. The van der Waals surface area contributed by atoms with Crippen LogP contribution in [0.2, 0.25) is 0 Å². The standard InChI is InChI=1S/C21H25FN2O4/c1-28-9-8-23-18(25)11-21(20(23)27,16-4-2-3-5-17(16)22)12-19(26)24-13-14-6-7-15(24)10-14/h2-5,14-15H,6-13H2,1H3/t14-,15+,21+/m0/s1. The molecule has 0 N–H and O–H groups in total. The van der Waals surface area contributed by atoms with Gasteiger partial charge in [-0.2, -0.15) is 0 Å². The predicted molar refractivity (Wildman–Crippen MR) is 98.8 cm³/mol. The van der Waals surface area contributed by atoms with E-state index < -0.39 is 17.1 Å². The van der Waals surface area contributed by atoms with Crippen LogP contribution < -0.4 is 0 Å². The number of methoxy groups -OCH3 is 1. The third-order valence-electron chi connectivity index (χ3n) is 6.50. The van der Waals surface area contributed by atoms with Gasteiger partial charge in [0.05, 0.1) is 18.6 Å². The Balaban J connectivity index is 1.67. The summed E-state index contributed by atoms with van der Waals surface area (Å²) in [6.45, 7) is 1.01. The summed E-state index contributed by atoms with van der Waals surface area (Å²) in [5, 5.41) is 0. The van der Waals surface area contributed by atoms with E-state index in [0.717, 1.165) is 24.2 Å². The fourth-order valence-corrected chi connectivity index (χ4v) is 5.09. The van der Waals surface area contributed by atoms with Crippen LogP contribution >= 0.6 is 0 Å². The Labute approximate surface area is 163 Å². The second kappa shape index (κ2) is 7.28. The average Bonchev–Trinajstić information content (AvgIpc) is 3.36. The number of carbonyl (C=O) groups excluding carboxylic acids is 3. The number of hydrogen-bond acceptors (Lipinski definition) is 4. The lowest BCUT2D eigenvalue weighted by Gasteiger charge is -2.32. The van der Waals surface area contributed by atoms with Crippen molar-refractivity contribution in [2.45, 2.75) is 43.6 Å². The summed E-state index contributed by atoms with van der Waals surface area (Å²) in [7, 11) is 1.49. The van der Waals surface area contributed by atoms with E-state index in [9.17, 15) is 18.8 Å². The third kappa shape index (κ3) is 3.02. The minimum absolute atomic E-state index is 0.104. The molecule has 1 saturated carbocycles. The highest BCUT2D eigenvalue weighted by Crippen LogP contribution is 2.43. The number of hydrogen-bond donors (Lipinski definition) is 0. The smallest absolute Gasteiger partial charge is 0.241 e. The molecule has 0 unspecified atom stereocenters. The molecule has 0 radical (unpaired) electrons. The predicted octanol–water partition coefficient (Wildman–Crippen LogP) is 1.87. The van der Waals surface area contributed by atoms with E-state index in [2.05, 4.69) is 0 Å². The maximum atomic E-state index is 14.7. The number of carbonyl (C=O) groups is 3. The van der Waals surface area contributed by atoms with Gasteiger partial charge in [-0.05, 0) is 31.2 Å². The van der Waals surface area contributed by atoms with Crippen molar-refractivity contribution in [2.75, 3.05) is 26.8 Å². The van der Waals surface area contributed by atoms with Gasteiger partial charge in [-0.3, -0.25) is 19.3 Å². The number of amides is 3. The molecule has 2 heterocycles. The van der Waals surface area contributed by atoms with Gasteiger partial charge in [-0.25, -0.2) is 4.39 Å². The summed E-state index contributed by atoms with van der Waals surface area (Å²) in [5.41, 5.74) is -1.35. The largest absolute Gasteiger partial charge is 0.383 e. The normalized spacial score (nSPS) is 29.2. The Kier molecular flexibility index (Phi) is 4.95. The van der Waals surface area contributed by atoms with Crippen molar-refractivity contribution in [1.82, 2.24) is 9.80 Å². The van der Waals surface area contributed by atoms with Gasteiger partial charge in [0.25, 0.3) is 0 Å². The molecule has 1 aromatic carbocycles. The lowest BCUT2D eigenvalue weighted by atomic mass is 9.75. The number of ether oxygens (including phenoxy) is 1. The van der Waals surface area contributed by atoms with Crippen molar-refractivity contribution in [1.29, 1.82) is 0 Å². The summed E-state index contributed by atoms with van der Waals surface area (Å²) < 4.78 is 19.7. The molecule has 3 aliphatic rings. The fraction of sp³-hybridized carbons (Fsp3) is 0.571. The van der Waals surface area contributed by atoms with Gasteiger partial charge in [0.1, 0.15) is 5.82 Å². The molecule has 2 aliphatic heterocycles. The molecule has 1 aromatic rings. The fourth-order valence-electron chi connectivity index (χ4n) is 5.09. The van der Waals surface area contributed by atoms with Gasteiger partial charge in [0.2, 0.25) is 17.7 Å². The first-order chi connectivity index (χ1) is 13.5. The maximum Gasteiger partial charge on any atom is 0.241 e. The Morgan fingerprint density at radius 1 is 1.29 bits per heavy atom. The van der Waals surface area contributed by atoms with E-state index in [4.69, 9.17) is 4.74 Å². The highest BCUT2D eigenvalue weighted by Gasteiger charge is 2.55. The average molecular weight is 388 g/mol. The van der Waals surface area contributed by atoms with Crippen LogP contribution in [0.3, 0.4) is 0 Å². The van der Waals surface area contributed by atoms with Crippen molar-refractivity contribution < 1.29 is 23.5 Å². The molecule has 3 fully saturated rings. The van der Waals surface area contributed by atoms with Crippen molar-refractivity contribution in [2.24, 2.45) is 5.92 Å². The molecular weight excluding hydrogens is 363 g/mol. The summed E-state index contributed by atoms with van der Waals surface area (Å²) >= 11 is 0. The molecule has 4 rings (SSSR count). The second-order valence-electron chi connectivity index (χ2n) is 8.14. The van der Waals surface area contributed by atoms with Crippen LogP contribution in [-0.4, -0.2) is 60.4 Å². The Morgan fingerprint density at radius 2 is 2.07 bits per heavy atom. The summed E-state index contributed by atoms with van der Waals surface area (Å²) in [5.74, 6) is -1.09. The summed E-state index contributed by atoms with van der Waals surface area (Å²) in [6, 6.07) is 6.18. The monoisotopic (exact) mass is 388 g/mol. The summed E-state index contributed by atoms with van der Waals surface area (Å²) in [4.78, 5) is 42.0. The lowest BCUT2D eigenvalue weighted by molar-refractivity contribution is -0.143. The first kappa shape index (κ1) is 19.1. The van der Waals surface area contributed by atoms with Crippen molar-refractivity contribution in [3.8, 4) is 0 Å². The van der Waals surface area contributed by atoms with E-state index in [1.165, 1.54) is 25.3 Å². The zero-order chi connectivity index (χ0) is 19.9. The molecule has 6 nitrogen and oxygen atoms in total. The van der Waals surface area contributed by atoms with E-state index >= 15 is 0 Å². The van der Waals surface area contributed by atoms with Crippen LogP contribution in [0.1, 0.15) is 37.7 Å². The number of fused-ring (bicyclic) bond motifs is 2. The molecular formula is C21H25FN2O4. The Morgan fingerprint density at radius 3 is 2.71 bits per heavy atom. The van der Waals surface area contributed by atoms with Gasteiger partial charge in [-0.15, -0.1) is 0 Å². The van der Waals surface area contributed by atoms with Crippen molar-refractivity contribution in [3.05, 3.63) is 35.6 Å². The quantitative estimate of drug-likeness (QED) is 0.698. The molecule has 2 bridgehead atoms. The molecule has 2 saturated heterocycles. The van der Waals surface area contributed by atoms with Crippen LogP contribution in [0.5, 0.6) is 0 Å². The van der Waals surface area contributed by atoms with Crippen LogP contribution in [-0.2, 0) is 24.5 Å². The van der Waals surface area contributed by atoms with Gasteiger partial charge < -0.3 is 9.64 Å². The molecule has 28 heavy (non-hydrogen) atoms. The highest BCUT2D eigenvalue weighted by molar-refractivity contribution is 6.10. The van der Waals surface area contributed by atoms with Gasteiger partial charge in [-0.1, -0.05) is 18.2 Å². The first-order valence-electron chi connectivity index (χ1n) is 9.84. The van der Waals surface area contributed by atoms with E-state index in [-0.39, 0.29) is 49.4 Å². The van der Waals surface area contributed by atoms with Gasteiger partial charge in [0, 0.05) is 38.1 Å². The van der Waals surface area contributed by atoms with Crippen LogP contribution in [0.15, 0.2) is 24.3 Å². The topological polar surface area (TPSA) is 66.9 Å². The number of imide groups is 1. The highest BCUT2D eigenvalue weighted by atomic mass is 19.1. The number of piperidine rings is 1. The molecule has 1 aliphatic carbocycles. The van der Waals surface area contributed by atoms with Gasteiger partial charge in [0.15, 0.2) is 0 Å². The van der Waals surface area contributed by atoms with Crippen LogP contribution in [0.25, 0.3) is 0 Å². The molecule has 3 amide bonds. The lowest BCUT2D eigenvalue weighted by Crippen LogP contribution is -2.46. The molecule has 3 atom stereocenters. The zero-order valence-electron chi connectivity index (χ0n) is 16.0. The summed E-state index contributed by atoms with van der Waals surface area (Å²) in [6.07, 6.45) is 2.76. The number of nitrogens with zero attached hydrogens (tertiary/aromatic N) is 2. The molecule has 150 valence electrons. The van der Waals surface area contributed by atoms with E-state index in [0.29, 0.717) is 12.5 Å². The van der Waals surface area contributed by atoms with Crippen LogP contribution in [0, 0.1) is 11.7 Å². The number of likely N-dealkylation sites (tertiary alicyclic amines) is 2. The molecule has 7 heteroatoms. The Bertz CT molecular complexity index is 813. The number of benzene rings is 1. The van der Waals surface area contributed by atoms with Gasteiger partial charge >= 0.3 is 0 Å². The third-order valence-corrected chi connectivity index (χ3v) is 6.50. The Hall–Kier alpha value is -2.28. The van der Waals surface area contributed by atoms with Crippen LogP contribution in [0.4, 0.5) is 4.39 Å². The minimum Gasteiger partial charge on any atom is -0.383 e. The molecule has 0 aromatic heterocycles. The minimum atomic E-state index is -1.48. The first-order valence-corrected chi connectivity index (χ1v) is 9.84. The second-order valence-corrected chi connectivity index (χ2v) is 8.14.